The highest BCUT2D eigenvalue weighted by Gasteiger charge is 2.47. The van der Waals surface area contributed by atoms with E-state index in [1.807, 2.05) is 12.1 Å². The van der Waals surface area contributed by atoms with Crippen molar-refractivity contribution in [2.24, 2.45) is 11.8 Å². The summed E-state index contributed by atoms with van der Waals surface area (Å²) in [6.45, 7) is 6.23. The highest BCUT2D eigenvalue weighted by Crippen LogP contribution is 2.44. The maximum atomic E-state index is 15.3. The molecule has 1 saturated carbocycles. The first-order valence-corrected chi connectivity index (χ1v) is 15.3. The average Bonchev–Trinajstić information content (AvgIpc) is 2.98. The van der Waals surface area contributed by atoms with E-state index in [-0.39, 0.29) is 18.3 Å². The second-order valence-corrected chi connectivity index (χ2v) is 11.5. The second kappa shape index (κ2) is 15.0. The fourth-order valence-corrected chi connectivity index (χ4v) is 5.94. The molecule has 2 unspecified atom stereocenters. The fraction of sp³-hybridized carbons (Fsp3) is 0.389. The lowest BCUT2D eigenvalue weighted by Gasteiger charge is -2.36. The minimum absolute atomic E-state index is 0.00980. The van der Waals surface area contributed by atoms with E-state index in [1.165, 1.54) is 18.2 Å². The maximum Gasteiger partial charge on any atom is 0.400 e. The molecule has 1 fully saturated rings. The number of nitrogen functional groups attached to an aromatic ring is 2. The zero-order valence-corrected chi connectivity index (χ0v) is 25.0. The quantitative estimate of drug-likeness (QED) is 0.0898. The summed E-state index contributed by atoms with van der Waals surface area (Å²) in [6, 6.07) is 17.2. The van der Waals surface area contributed by atoms with Gasteiger partial charge in [0.2, 0.25) is 0 Å². The van der Waals surface area contributed by atoms with E-state index in [0.29, 0.717) is 23.4 Å². The number of esters is 1. The first-order chi connectivity index (χ1) is 20.7. The van der Waals surface area contributed by atoms with Gasteiger partial charge in [-0.15, -0.1) is 0 Å². The largest absolute Gasteiger partial charge is 0.458 e. The number of rotatable bonds is 13. The van der Waals surface area contributed by atoms with Crippen molar-refractivity contribution >= 4 is 23.4 Å². The van der Waals surface area contributed by atoms with E-state index in [9.17, 15) is 4.79 Å². The van der Waals surface area contributed by atoms with Gasteiger partial charge in [-0.25, -0.2) is 4.79 Å². The number of nitrogens with two attached hydrogens (primary N) is 2. The lowest BCUT2D eigenvalue weighted by molar-refractivity contribution is -0.234. The number of carbonyl (C=O) groups is 1. The van der Waals surface area contributed by atoms with Gasteiger partial charge in [-0.3, -0.25) is 0 Å². The Hall–Kier alpha value is -3.87. The molecule has 1 radical (unpaired) electrons. The van der Waals surface area contributed by atoms with Gasteiger partial charge in [0.15, 0.2) is 0 Å². The number of ether oxygens (including phenoxy) is 2. The Bertz CT molecular complexity index is 1390. The second-order valence-electron chi connectivity index (χ2n) is 11.5. The zero-order valence-electron chi connectivity index (χ0n) is 25.0. The molecule has 1 aliphatic carbocycles. The lowest BCUT2D eigenvalue weighted by Crippen LogP contribution is -2.41. The van der Waals surface area contributed by atoms with Crippen LogP contribution < -0.4 is 16.2 Å². The van der Waals surface area contributed by atoms with Gasteiger partial charge in [0.1, 0.15) is 12.4 Å². The first kappa shape index (κ1) is 32.1. The third-order valence-corrected chi connectivity index (χ3v) is 8.23. The summed E-state index contributed by atoms with van der Waals surface area (Å²) in [6.07, 6.45) is 8.00. The normalized spacial score (nSPS) is 17.2. The van der Waals surface area contributed by atoms with Gasteiger partial charge in [-0.1, -0.05) is 69.7 Å². The predicted molar refractivity (Wildman–Crippen MR) is 170 cm³/mol. The molecule has 4 rings (SSSR count). The Labute approximate surface area is 254 Å². The molecule has 1 aliphatic rings. The molecule has 3 aromatic rings. The van der Waals surface area contributed by atoms with Crippen LogP contribution >= 0.6 is 0 Å². The van der Waals surface area contributed by atoms with Crippen LogP contribution in [0.5, 0.6) is 5.75 Å². The smallest absolute Gasteiger partial charge is 0.400 e. The van der Waals surface area contributed by atoms with E-state index in [0.717, 1.165) is 73.6 Å². The molecule has 3 aromatic carbocycles. The van der Waals surface area contributed by atoms with Crippen molar-refractivity contribution in [2.75, 3.05) is 11.5 Å². The highest BCUT2D eigenvalue weighted by molar-refractivity contribution is 5.87. The van der Waals surface area contributed by atoms with Crippen molar-refractivity contribution in [2.45, 2.75) is 77.4 Å². The van der Waals surface area contributed by atoms with E-state index >= 15 is 8.78 Å². The van der Waals surface area contributed by atoms with Crippen LogP contribution in [0.25, 0.3) is 17.2 Å². The van der Waals surface area contributed by atoms with Gasteiger partial charge >= 0.3 is 12.1 Å². The molecule has 5 nitrogen and oxygen atoms in total. The van der Waals surface area contributed by atoms with Crippen LogP contribution in [0.4, 0.5) is 20.2 Å². The molecule has 7 heteroatoms. The van der Waals surface area contributed by atoms with Gasteiger partial charge in [0, 0.05) is 17.5 Å². The van der Waals surface area contributed by atoms with Crippen molar-refractivity contribution in [1.82, 2.24) is 0 Å². The minimum Gasteiger partial charge on any atom is -0.458 e. The van der Waals surface area contributed by atoms with E-state index in [2.05, 4.69) is 13.8 Å². The van der Waals surface area contributed by atoms with Crippen LogP contribution in [0.1, 0.15) is 81.4 Å². The molecule has 0 aliphatic heterocycles. The summed E-state index contributed by atoms with van der Waals surface area (Å²) in [4.78, 5) is 12.5. The van der Waals surface area contributed by atoms with Gasteiger partial charge in [0.05, 0.1) is 5.92 Å². The molecule has 0 spiro atoms. The number of hydrogen-bond acceptors (Lipinski definition) is 5. The lowest BCUT2D eigenvalue weighted by atomic mass is 9.76. The Morgan fingerprint density at radius 1 is 0.953 bits per heavy atom. The minimum atomic E-state index is -3.22. The number of unbranched alkanes of at least 4 members (excludes halogenated alkanes) is 3. The monoisotopic (exact) mass is 589 g/mol. The molecule has 229 valence electrons. The Balaban J connectivity index is 1.34. The van der Waals surface area contributed by atoms with Gasteiger partial charge < -0.3 is 20.9 Å². The van der Waals surface area contributed by atoms with Gasteiger partial charge in [-0.05, 0) is 102 Å². The van der Waals surface area contributed by atoms with Crippen LogP contribution in [0.2, 0.25) is 0 Å². The van der Waals surface area contributed by atoms with Gasteiger partial charge in [-0.2, -0.15) is 8.78 Å². The van der Waals surface area contributed by atoms with E-state index < -0.39 is 18.0 Å². The molecule has 43 heavy (non-hydrogen) atoms. The molecule has 0 amide bonds. The summed E-state index contributed by atoms with van der Waals surface area (Å²) in [5.74, 6) is -1.21. The van der Waals surface area contributed by atoms with E-state index in [1.54, 1.807) is 42.5 Å². The van der Waals surface area contributed by atoms with Crippen LogP contribution in [0, 0.1) is 18.8 Å². The van der Waals surface area contributed by atoms with Crippen molar-refractivity contribution in [3.8, 4) is 16.9 Å². The summed E-state index contributed by atoms with van der Waals surface area (Å²) in [5, 5.41) is 0. The molecule has 4 N–H and O–H groups in total. The third kappa shape index (κ3) is 9.06. The molecular formula is C36H43F2N2O3. The SMILES string of the molecule is [CH2]c1cc(N)ccc1-c1ccc(N)cc1COC(=O)/C=C/c1ccc(OC(F)(F)C2CCCCC2CCCCCC)cc1. The van der Waals surface area contributed by atoms with Crippen LogP contribution in [0.3, 0.4) is 0 Å². The zero-order chi connectivity index (χ0) is 30.8. The summed E-state index contributed by atoms with van der Waals surface area (Å²) in [7, 11) is 0. The average molecular weight is 590 g/mol. The molecule has 0 bridgehead atoms. The molecule has 0 saturated heterocycles. The number of alkyl halides is 2. The number of carbonyl (C=O) groups excluding carboxylic acids is 1. The Morgan fingerprint density at radius 2 is 1.65 bits per heavy atom. The molecule has 0 heterocycles. The van der Waals surface area contributed by atoms with Crippen molar-refractivity contribution in [3.05, 3.63) is 90.4 Å². The predicted octanol–water partition coefficient (Wildman–Crippen LogP) is 9.21. The van der Waals surface area contributed by atoms with E-state index in [4.69, 9.17) is 20.9 Å². The first-order valence-electron chi connectivity index (χ1n) is 15.3. The van der Waals surface area contributed by atoms with Crippen LogP contribution in [-0.2, 0) is 16.1 Å². The number of hydrogen-bond donors (Lipinski definition) is 2. The summed E-state index contributed by atoms with van der Waals surface area (Å²) >= 11 is 0. The van der Waals surface area contributed by atoms with Crippen molar-refractivity contribution in [1.29, 1.82) is 0 Å². The van der Waals surface area contributed by atoms with Crippen molar-refractivity contribution in [3.63, 3.8) is 0 Å². The number of benzene rings is 3. The van der Waals surface area contributed by atoms with Gasteiger partial charge in [0.25, 0.3) is 0 Å². The Morgan fingerprint density at radius 3 is 2.37 bits per heavy atom. The molecule has 2 atom stereocenters. The fourth-order valence-electron chi connectivity index (χ4n) is 5.94. The standard InChI is InChI=1S/C36H43F2N2O3/c1-3-4-5-6-9-27-10-7-8-11-34(27)36(37,38)43-31-17-12-26(13-18-31)14-21-35(41)42-24-28-23-30(40)16-20-33(28)32-19-15-29(39)22-25(32)2/h12-23,27,34H,2-11,24,39-40H2,1H3/b21-14+. The summed E-state index contributed by atoms with van der Waals surface area (Å²) in [5.41, 5.74) is 16.9. The topological polar surface area (TPSA) is 87.6 Å². The summed E-state index contributed by atoms with van der Waals surface area (Å²) < 4.78 is 41.3. The third-order valence-electron chi connectivity index (χ3n) is 8.23. The Kier molecular flexibility index (Phi) is 11.2. The molecular weight excluding hydrogens is 546 g/mol. The highest BCUT2D eigenvalue weighted by atomic mass is 19.3. The number of halogens is 2. The molecule has 0 aromatic heterocycles. The van der Waals surface area contributed by atoms with Crippen molar-refractivity contribution < 1.29 is 23.0 Å². The number of anilines is 2. The van der Waals surface area contributed by atoms with Crippen LogP contribution in [-0.4, -0.2) is 12.1 Å². The maximum absolute atomic E-state index is 15.3. The van der Waals surface area contributed by atoms with Crippen LogP contribution in [0.15, 0.2) is 66.7 Å².